The molecule has 0 radical (unpaired) electrons. The molecule has 0 fully saturated rings. The first-order chi connectivity index (χ1) is 23.7. The number of benzene rings is 4. The molecule has 1 aromatic heterocycles. The molecular weight excluding hydrogens is 646 g/mol. The normalized spacial score (nSPS) is 12.7. The standard InChI is InChI=1S/C35H37N7O6S/c1-48-35(45)40(34(44)33(37)32(26-11-4-2-5-12-26)27-13-6-3-7-14-27)31-15-9-8-10-25(31)16-19-29(24-43)41(42-38-22-23-39-42)49(46,47)30-20-17-28(36)18-21-30/h2-15,17-18,20-23,29,32-33,43H,16,19,24,36-37H2,1H3/t29-,33-/m0/s1. The molecule has 0 bridgehead atoms. The fourth-order valence-electron chi connectivity index (χ4n) is 5.65. The lowest BCUT2D eigenvalue weighted by Gasteiger charge is -2.31. The number of carbonyl (C=O) groups is 2. The van der Waals surface area contributed by atoms with Crippen molar-refractivity contribution in [1.29, 1.82) is 0 Å². The maximum absolute atomic E-state index is 14.3. The van der Waals surface area contributed by atoms with Crippen molar-refractivity contribution in [3.8, 4) is 0 Å². The Hall–Kier alpha value is -5.57. The molecule has 254 valence electrons. The Labute approximate surface area is 284 Å². The van der Waals surface area contributed by atoms with Crippen LogP contribution in [-0.4, -0.2) is 66.4 Å². The largest absolute Gasteiger partial charge is 0.452 e. The number of methoxy groups -OCH3 is 1. The quantitative estimate of drug-likeness (QED) is 0.155. The van der Waals surface area contributed by atoms with E-state index in [2.05, 4.69) is 10.2 Å². The van der Waals surface area contributed by atoms with Gasteiger partial charge in [-0.15, -0.1) is 10.2 Å². The summed E-state index contributed by atoms with van der Waals surface area (Å²) >= 11 is 0. The highest BCUT2D eigenvalue weighted by Crippen LogP contribution is 2.31. The minimum atomic E-state index is -4.29. The fraction of sp³-hybridized carbons (Fsp3) is 0.200. The van der Waals surface area contributed by atoms with Gasteiger partial charge in [0.1, 0.15) is 0 Å². The minimum absolute atomic E-state index is 0.0369. The minimum Gasteiger partial charge on any atom is -0.452 e. The molecule has 5 rings (SSSR count). The summed E-state index contributed by atoms with van der Waals surface area (Å²) in [6, 6.07) is 28.6. The van der Waals surface area contributed by atoms with Crippen molar-refractivity contribution in [3.05, 3.63) is 138 Å². The molecule has 0 aliphatic carbocycles. The Balaban J connectivity index is 1.48. The van der Waals surface area contributed by atoms with E-state index in [1.165, 1.54) is 43.8 Å². The molecule has 1 heterocycles. The third kappa shape index (κ3) is 7.62. The number of para-hydroxylation sites is 1. The van der Waals surface area contributed by atoms with Crippen molar-refractivity contribution >= 4 is 33.4 Å². The zero-order valence-corrected chi connectivity index (χ0v) is 27.5. The van der Waals surface area contributed by atoms with Crippen molar-refractivity contribution in [2.75, 3.05) is 28.8 Å². The molecule has 0 saturated carbocycles. The number of nitrogens with two attached hydrogens (primary N) is 2. The molecule has 0 unspecified atom stereocenters. The lowest BCUT2D eigenvalue weighted by molar-refractivity contribution is -0.119. The summed E-state index contributed by atoms with van der Waals surface area (Å²) in [7, 11) is -3.12. The average molecular weight is 684 g/mol. The van der Waals surface area contributed by atoms with Gasteiger partial charge >= 0.3 is 6.09 Å². The van der Waals surface area contributed by atoms with Crippen LogP contribution in [0.5, 0.6) is 0 Å². The molecule has 13 nitrogen and oxygen atoms in total. The van der Waals surface area contributed by atoms with Crippen LogP contribution in [0.15, 0.2) is 126 Å². The summed E-state index contributed by atoms with van der Waals surface area (Å²) in [5, 5.41) is 18.6. The number of imide groups is 1. The van der Waals surface area contributed by atoms with Gasteiger partial charge in [-0.3, -0.25) is 4.79 Å². The fourth-order valence-corrected chi connectivity index (χ4v) is 7.19. The molecule has 5 N–H and O–H groups in total. The summed E-state index contributed by atoms with van der Waals surface area (Å²) in [6.45, 7) is -0.599. The number of sulfonamides is 1. The van der Waals surface area contributed by atoms with E-state index in [9.17, 15) is 23.1 Å². The number of rotatable bonds is 13. The molecule has 0 aliphatic heterocycles. The predicted octanol–water partition coefficient (Wildman–Crippen LogP) is 3.44. The Morgan fingerprint density at radius 3 is 1.96 bits per heavy atom. The second-order valence-electron chi connectivity index (χ2n) is 11.1. The van der Waals surface area contributed by atoms with Gasteiger partial charge in [0.15, 0.2) is 0 Å². The molecule has 2 atom stereocenters. The SMILES string of the molecule is COC(=O)N(C(=O)[C@@H](N)C(c1ccccc1)c1ccccc1)c1ccccc1CC[C@@H](CO)N(n1nccn1)S(=O)(=O)c1ccc(N)cc1. The van der Waals surface area contributed by atoms with Gasteiger partial charge in [0, 0.05) is 11.6 Å². The number of ether oxygens (including phenoxy) is 1. The highest BCUT2D eigenvalue weighted by Gasteiger charge is 2.37. The topological polar surface area (TPSA) is 187 Å². The number of amides is 2. The number of carbonyl (C=O) groups excluding carboxylic acids is 2. The van der Waals surface area contributed by atoms with Crippen LogP contribution >= 0.6 is 0 Å². The van der Waals surface area contributed by atoms with Crippen molar-refractivity contribution in [2.45, 2.75) is 35.7 Å². The van der Waals surface area contributed by atoms with Crippen molar-refractivity contribution in [2.24, 2.45) is 5.73 Å². The lowest BCUT2D eigenvalue weighted by atomic mass is 9.84. The van der Waals surface area contributed by atoms with Crippen LogP contribution in [0.4, 0.5) is 16.2 Å². The molecule has 2 amide bonds. The predicted molar refractivity (Wildman–Crippen MR) is 185 cm³/mol. The van der Waals surface area contributed by atoms with Crippen molar-refractivity contribution in [3.63, 3.8) is 0 Å². The van der Waals surface area contributed by atoms with Gasteiger partial charge in [-0.05, 0) is 59.9 Å². The number of aryl methyl sites for hydroxylation is 1. The van der Waals surface area contributed by atoms with Gasteiger partial charge in [0.2, 0.25) is 0 Å². The van der Waals surface area contributed by atoms with Gasteiger partial charge in [-0.1, -0.05) is 83.8 Å². The second kappa shape index (κ2) is 15.6. The molecule has 0 spiro atoms. The number of aliphatic hydroxyl groups excluding tert-OH is 1. The van der Waals surface area contributed by atoms with Gasteiger partial charge in [-0.25, -0.2) is 9.69 Å². The van der Waals surface area contributed by atoms with Gasteiger partial charge in [0.05, 0.1) is 48.8 Å². The Morgan fingerprint density at radius 2 is 1.41 bits per heavy atom. The van der Waals surface area contributed by atoms with Crippen LogP contribution in [-0.2, 0) is 26.0 Å². The first-order valence-corrected chi connectivity index (χ1v) is 16.8. The smallest absolute Gasteiger partial charge is 0.420 e. The molecule has 4 aromatic carbocycles. The Kier molecular flexibility index (Phi) is 11.0. The molecule has 49 heavy (non-hydrogen) atoms. The Morgan fingerprint density at radius 1 is 0.857 bits per heavy atom. The summed E-state index contributed by atoms with van der Waals surface area (Å²) in [6.07, 6.45) is 1.84. The van der Waals surface area contributed by atoms with Crippen LogP contribution in [0.25, 0.3) is 0 Å². The van der Waals surface area contributed by atoms with E-state index in [0.717, 1.165) is 25.3 Å². The zero-order chi connectivity index (χ0) is 35.0. The molecular formula is C35H37N7O6S. The maximum Gasteiger partial charge on any atom is 0.420 e. The van der Waals surface area contributed by atoms with Crippen LogP contribution < -0.4 is 20.8 Å². The monoisotopic (exact) mass is 683 g/mol. The van der Waals surface area contributed by atoms with Crippen molar-refractivity contribution < 1.29 is 27.9 Å². The number of aliphatic hydroxyl groups is 1. The molecule has 14 heteroatoms. The van der Waals surface area contributed by atoms with E-state index < -0.39 is 46.6 Å². The first-order valence-electron chi connectivity index (χ1n) is 15.4. The number of aromatic nitrogens is 3. The number of nitrogens with zero attached hydrogens (tertiary/aromatic N) is 5. The van der Waals surface area contributed by atoms with Gasteiger partial charge < -0.3 is 21.3 Å². The highest BCUT2D eigenvalue weighted by atomic mass is 32.2. The number of nitrogen functional groups attached to an aromatic ring is 1. The number of hydrogen-bond donors (Lipinski definition) is 3. The van der Waals surface area contributed by atoms with E-state index in [0.29, 0.717) is 11.3 Å². The Bertz CT molecular complexity index is 1900. The highest BCUT2D eigenvalue weighted by molar-refractivity contribution is 7.92. The second-order valence-corrected chi connectivity index (χ2v) is 12.9. The number of anilines is 2. The number of hydrogen-bond acceptors (Lipinski definition) is 10. The van der Waals surface area contributed by atoms with E-state index in [-0.39, 0.29) is 23.4 Å². The first kappa shape index (κ1) is 34.8. The summed E-state index contributed by atoms with van der Waals surface area (Å²) in [4.78, 5) is 29.4. The molecule has 5 aromatic rings. The lowest BCUT2D eigenvalue weighted by Crippen LogP contribution is -2.51. The summed E-state index contributed by atoms with van der Waals surface area (Å²) < 4.78 is 33.7. The summed E-state index contributed by atoms with van der Waals surface area (Å²) in [5.74, 6) is -1.30. The van der Waals surface area contributed by atoms with E-state index in [1.807, 2.05) is 60.7 Å². The van der Waals surface area contributed by atoms with E-state index in [1.54, 1.807) is 24.3 Å². The van der Waals surface area contributed by atoms with Crippen LogP contribution in [0, 0.1) is 0 Å². The average Bonchev–Trinajstić information content (AvgIpc) is 3.65. The summed E-state index contributed by atoms with van der Waals surface area (Å²) in [5.41, 5.74) is 15.2. The third-order valence-electron chi connectivity index (χ3n) is 8.05. The van der Waals surface area contributed by atoms with E-state index >= 15 is 0 Å². The van der Waals surface area contributed by atoms with Crippen LogP contribution in [0.2, 0.25) is 0 Å². The molecule has 0 aliphatic rings. The van der Waals surface area contributed by atoms with E-state index in [4.69, 9.17) is 16.2 Å². The van der Waals surface area contributed by atoms with Gasteiger partial charge in [-0.2, -0.15) is 12.8 Å². The van der Waals surface area contributed by atoms with Gasteiger partial charge in [0.25, 0.3) is 15.9 Å². The van der Waals surface area contributed by atoms with Crippen LogP contribution in [0.1, 0.15) is 29.0 Å². The zero-order valence-electron chi connectivity index (χ0n) is 26.7. The van der Waals surface area contributed by atoms with Crippen molar-refractivity contribution in [1.82, 2.24) is 15.1 Å². The third-order valence-corrected chi connectivity index (χ3v) is 9.85. The van der Waals surface area contributed by atoms with Crippen LogP contribution in [0.3, 0.4) is 0 Å². The molecule has 0 saturated heterocycles. The maximum atomic E-state index is 14.3.